The predicted molar refractivity (Wildman–Crippen MR) is 99.4 cm³/mol. The van der Waals surface area contributed by atoms with Gasteiger partial charge in [0, 0.05) is 22.5 Å². The summed E-state index contributed by atoms with van der Waals surface area (Å²) in [5, 5.41) is 5.93. The van der Waals surface area contributed by atoms with Crippen LogP contribution >= 0.6 is 11.3 Å². The molecule has 0 amide bonds. The first-order chi connectivity index (χ1) is 11.9. The monoisotopic (exact) mass is 376 g/mol. The van der Waals surface area contributed by atoms with Crippen molar-refractivity contribution >= 4 is 21.4 Å². The molecular formula is C18H20N2O3S2. The van der Waals surface area contributed by atoms with E-state index < -0.39 is 10.0 Å². The van der Waals surface area contributed by atoms with Crippen LogP contribution in [0.3, 0.4) is 0 Å². The number of benzene rings is 1. The summed E-state index contributed by atoms with van der Waals surface area (Å²) in [4.78, 5) is 1.42. The van der Waals surface area contributed by atoms with Gasteiger partial charge in [-0.1, -0.05) is 23.4 Å². The molecule has 25 heavy (non-hydrogen) atoms. The first kappa shape index (κ1) is 17.8. The van der Waals surface area contributed by atoms with Gasteiger partial charge in [0.2, 0.25) is 10.0 Å². The fraction of sp³-hybridized carbons (Fsp3) is 0.278. The summed E-state index contributed by atoms with van der Waals surface area (Å²) >= 11 is 1.62. The zero-order chi connectivity index (χ0) is 18.0. The molecule has 0 unspecified atom stereocenters. The molecule has 132 valence electrons. The Labute approximate surface area is 151 Å². The van der Waals surface area contributed by atoms with Crippen molar-refractivity contribution in [2.75, 3.05) is 6.54 Å². The number of aromatic nitrogens is 1. The highest BCUT2D eigenvalue weighted by atomic mass is 32.2. The van der Waals surface area contributed by atoms with Gasteiger partial charge in [0.1, 0.15) is 0 Å². The summed E-state index contributed by atoms with van der Waals surface area (Å²) in [6, 6.07) is 9.26. The molecule has 7 heteroatoms. The van der Waals surface area contributed by atoms with E-state index in [9.17, 15) is 8.42 Å². The van der Waals surface area contributed by atoms with E-state index in [-0.39, 0.29) is 4.90 Å². The summed E-state index contributed by atoms with van der Waals surface area (Å²) in [5.74, 6) is 0.604. The van der Waals surface area contributed by atoms with Gasteiger partial charge >= 0.3 is 0 Å². The molecule has 5 nitrogen and oxygen atoms in total. The molecular weight excluding hydrogens is 356 g/mol. The minimum Gasteiger partial charge on any atom is -0.356 e. The van der Waals surface area contributed by atoms with Crippen LogP contribution in [0.1, 0.15) is 21.7 Å². The summed E-state index contributed by atoms with van der Waals surface area (Å²) in [5.41, 5.74) is 3.12. The van der Waals surface area contributed by atoms with Gasteiger partial charge in [0.05, 0.1) is 10.6 Å². The second-order valence-electron chi connectivity index (χ2n) is 5.93. The third-order valence-corrected chi connectivity index (χ3v) is 6.68. The van der Waals surface area contributed by atoms with Gasteiger partial charge in [0.15, 0.2) is 5.76 Å². The van der Waals surface area contributed by atoms with Crippen molar-refractivity contribution in [3.63, 3.8) is 0 Å². The first-order valence-corrected chi connectivity index (χ1v) is 10.3. The highest BCUT2D eigenvalue weighted by Gasteiger charge is 2.19. The largest absolute Gasteiger partial charge is 0.356 e. The molecule has 0 aliphatic rings. The Balaban J connectivity index is 1.85. The molecule has 0 atom stereocenters. The fourth-order valence-electron chi connectivity index (χ4n) is 2.56. The molecule has 0 saturated heterocycles. The number of hydrogen-bond donors (Lipinski definition) is 1. The minimum atomic E-state index is -3.59. The third-order valence-electron chi connectivity index (χ3n) is 4.14. The summed E-state index contributed by atoms with van der Waals surface area (Å²) in [6.07, 6.45) is 0.677. The van der Waals surface area contributed by atoms with Gasteiger partial charge in [0.25, 0.3) is 0 Å². The lowest BCUT2D eigenvalue weighted by molar-refractivity contribution is 0.426. The number of thiophene rings is 1. The van der Waals surface area contributed by atoms with Crippen molar-refractivity contribution in [3.05, 3.63) is 57.4 Å². The van der Waals surface area contributed by atoms with Gasteiger partial charge in [-0.15, -0.1) is 11.3 Å². The number of nitrogens with one attached hydrogen (secondary N) is 1. The zero-order valence-electron chi connectivity index (χ0n) is 14.4. The van der Waals surface area contributed by atoms with E-state index >= 15 is 0 Å². The van der Waals surface area contributed by atoms with Gasteiger partial charge in [-0.25, -0.2) is 13.1 Å². The maximum Gasteiger partial charge on any atom is 0.240 e. The van der Waals surface area contributed by atoms with Crippen LogP contribution in [0.2, 0.25) is 0 Å². The molecule has 0 saturated carbocycles. The molecule has 2 heterocycles. The predicted octanol–water partition coefficient (Wildman–Crippen LogP) is 3.85. The Morgan fingerprint density at radius 3 is 2.64 bits per heavy atom. The first-order valence-electron chi connectivity index (χ1n) is 7.94. The van der Waals surface area contributed by atoms with Gasteiger partial charge in [-0.2, -0.15) is 0 Å². The number of nitrogens with zero attached hydrogens (tertiary/aromatic N) is 1. The fourth-order valence-corrected chi connectivity index (χ4v) is 4.57. The van der Waals surface area contributed by atoms with Crippen molar-refractivity contribution < 1.29 is 12.9 Å². The zero-order valence-corrected chi connectivity index (χ0v) is 16.0. The van der Waals surface area contributed by atoms with E-state index in [2.05, 4.69) is 9.88 Å². The van der Waals surface area contributed by atoms with E-state index in [0.717, 1.165) is 16.1 Å². The average molecular weight is 377 g/mol. The highest BCUT2D eigenvalue weighted by Crippen LogP contribution is 2.28. The Morgan fingerprint density at radius 2 is 2.00 bits per heavy atom. The van der Waals surface area contributed by atoms with E-state index in [4.69, 9.17) is 4.52 Å². The molecule has 3 rings (SSSR count). The summed E-state index contributed by atoms with van der Waals surface area (Å²) in [6.45, 7) is 5.93. The molecule has 0 aliphatic carbocycles. The van der Waals surface area contributed by atoms with Gasteiger partial charge < -0.3 is 4.52 Å². The molecule has 0 spiro atoms. The lowest BCUT2D eigenvalue weighted by Crippen LogP contribution is -2.26. The standard InChI is InChI=1S/C18H20N2O3S2/c1-12-6-7-15(18-13(2)14(3)20-23-18)11-17(12)25(21,22)19-9-8-16-5-4-10-24-16/h4-7,10-11,19H,8-9H2,1-3H3. The Bertz CT molecular complexity index is 974. The van der Waals surface area contributed by atoms with Crippen molar-refractivity contribution in [1.82, 2.24) is 9.88 Å². The van der Waals surface area contributed by atoms with Crippen LogP contribution < -0.4 is 4.72 Å². The molecule has 0 bridgehead atoms. The molecule has 0 radical (unpaired) electrons. The van der Waals surface area contributed by atoms with Crippen LogP contribution in [0.4, 0.5) is 0 Å². The molecule has 3 aromatic rings. The summed E-state index contributed by atoms with van der Waals surface area (Å²) in [7, 11) is -3.59. The average Bonchev–Trinajstić information content (AvgIpc) is 3.19. The maximum absolute atomic E-state index is 12.7. The number of sulfonamides is 1. The van der Waals surface area contributed by atoms with Gasteiger partial charge in [-0.05, 0) is 50.3 Å². The third kappa shape index (κ3) is 3.84. The highest BCUT2D eigenvalue weighted by molar-refractivity contribution is 7.89. The van der Waals surface area contributed by atoms with Gasteiger partial charge in [-0.3, -0.25) is 0 Å². The van der Waals surface area contributed by atoms with Crippen molar-refractivity contribution in [2.45, 2.75) is 32.1 Å². The Hall–Kier alpha value is -1.96. The Morgan fingerprint density at radius 1 is 1.20 bits per heavy atom. The second kappa shape index (κ2) is 7.11. The Kier molecular flexibility index (Phi) is 5.08. The van der Waals surface area contributed by atoms with Crippen LogP contribution in [-0.2, 0) is 16.4 Å². The van der Waals surface area contributed by atoms with Crippen LogP contribution in [0.25, 0.3) is 11.3 Å². The molecule has 1 N–H and O–H groups in total. The van der Waals surface area contributed by atoms with Crippen LogP contribution in [0.5, 0.6) is 0 Å². The van der Waals surface area contributed by atoms with E-state index in [0.29, 0.717) is 29.9 Å². The van der Waals surface area contributed by atoms with E-state index in [1.165, 1.54) is 0 Å². The molecule has 2 aromatic heterocycles. The van der Waals surface area contributed by atoms with E-state index in [1.807, 2.05) is 37.4 Å². The van der Waals surface area contributed by atoms with Crippen LogP contribution in [0.15, 0.2) is 45.1 Å². The quantitative estimate of drug-likeness (QED) is 0.709. The lowest BCUT2D eigenvalue weighted by atomic mass is 10.1. The number of hydrogen-bond acceptors (Lipinski definition) is 5. The maximum atomic E-state index is 12.7. The SMILES string of the molecule is Cc1ccc(-c2onc(C)c2C)cc1S(=O)(=O)NCCc1cccs1. The van der Waals surface area contributed by atoms with E-state index in [1.54, 1.807) is 30.4 Å². The lowest BCUT2D eigenvalue weighted by Gasteiger charge is -2.10. The molecule has 0 aliphatic heterocycles. The topological polar surface area (TPSA) is 72.2 Å². The number of rotatable bonds is 6. The van der Waals surface area contributed by atoms with Crippen molar-refractivity contribution in [3.8, 4) is 11.3 Å². The molecule has 0 fully saturated rings. The van der Waals surface area contributed by atoms with Crippen molar-refractivity contribution in [2.24, 2.45) is 0 Å². The number of aryl methyl sites for hydroxylation is 2. The van der Waals surface area contributed by atoms with Crippen LogP contribution in [0, 0.1) is 20.8 Å². The summed E-state index contributed by atoms with van der Waals surface area (Å²) < 4.78 is 33.4. The minimum absolute atomic E-state index is 0.268. The normalized spacial score (nSPS) is 11.8. The molecule has 1 aromatic carbocycles. The van der Waals surface area contributed by atoms with Crippen LogP contribution in [-0.4, -0.2) is 20.1 Å². The van der Waals surface area contributed by atoms with Crippen molar-refractivity contribution in [1.29, 1.82) is 0 Å². The second-order valence-corrected chi connectivity index (χ2v) is 8.70. The smallest absolute Gasteiger partial charge is 0.240 e.